The normalized spacial score (nSPS) is 12.0. The molecule has 2 nitrogen and oxygen atoms in total. The number of furan rings is 1. The van der Waals surface area contributed by atoms with E-state index < -0.39 is 0 Å². The third kappa shape index (κ3) is 3.68. The van der Waals surface area contributed by atoms with Gasteiger partial charge in [-0.2, -0.15) is 0 Å². The predicted octanol–water partition coefficient (Wildman–Crippen LogP) is 12.9. The molecule has 3 heteroatoms. The highest BCUT2D eigenvalue weighted by Crippen LogP contribution is 2.46. The van der Waals surface area contributed by atoms with E-state index in [-0.39, 0.29) is 0 Å². The summed E-state index contributed by atoms with van der Waals surface area (Å²) < 4.78 is 8.96. The van der Waals surface area contributed by atoms with E-state index >= 15 is 0 Å². The van der Waals surface area contributed by atoms with Crippen LogP contribution >= 0.6 is 11.3 Å². The van der Waals surface area contributed by atoms with Gasteiger partial charge in [-0.05, 0) is 80.8 Å². The molecule has 0 bridgehead atoms. The summed E-state index contributed by atoms with van der Waals surface area (Å²) in [7, 11) is 0. The lowest BCUT2D eigenvalue weighted by Gasteiger charge is -2.27. The molecule has 10 rings (SSSR count). The van der Waals surface area contributed by atoms with E-state index in [0.717, 1.165) is 39.0 Å². The first-order valence-electron chi connectivity index (χ1n) is 15.3. The molecule has 0 fully saturated rings. The van der Waals surface area contributed by atoms with Crippen LogP contribution in [-0.4, -0.2) is 0 Å². The highest BCUT2D eigenvalue weighted by atomic mass is 32.1. The lowest BCUT2D eigenvalue weighted by atomic mass is 9.96. The number of benzene rings is 8. The van der Waals surface area contributed by atoms with Crippen molar-refractivity contribution in [3.8, 4) is 0 Å². The Morgan fingerprint density at radius 1 is 0.400 bits per heavy atom. The number of para-hydroxylation sites is 1. The van der Waals surface area contributed by atoms with Crippen molar-refractivity contribution in [3.05, 3.63) is 152 Å². The Labute approximate surface area is 263 Å². The minimum atomic E-state index is 0.888. The number of nitrogens with zero attached hydrogens (tertiary/aromatic N) is 1. The minimum absolute atomic E-state index is 0.888. The third-order valence-corrected chi connectivity index (χ3v) is 10.4. The third-order valence-electron chi connectivity index (χ3n) is 9.23. The molecule has 0 aliphatic rings. The van der Waals surface area contributed by atoms with E-state index in [4.69, 9.17) is 4.42 Å². The Morgan fingerprint density at radius 3 is 1.93 bits per heavy atom. The van der Waals surface area contributed by atoms with Crippen molar-refractivity contribution in [3.63, 3.8) is 0 Å². The summed E-state index contributed by atoms with van der Waals surface area (Å²) in [5.74, 6) is 0. The van der Waals surface area contributed by atoms with Gasteiger partial charge in [0.05, 0.1) is 11.1 Å². The first-order chi connectivity index (χ1) is 22.3. The smallest absolute Gasteiger partial charge is 0.137 e. The van der Waals surface area contributed by atoms with Crippen molar-refractivity contribution >= 4 is 103 Å². The van der Waals surface area contributed by atoms with Crippen molar-refractivity contribution < 1.29 is 4.42 Å². The average molecular weight is 592 g/mol. The molecule has 210 valence electrons. The summed E-state index contributed by atoms with van der Waals surface area (Å²) in [4.78, 5) is 2.41. The van der Waals surface area contributed by atoms with Crippen LogP contribution < -0.4 is 4.90 Å². The summed E-state index contributed by atoms with van der Waals surface area (Å²) in [5, 5.41) is 12.4. The summed E-state index contributed by atoms with van der Waals surface area (Å²) in [5.41, 5.74) is 5.12. The Balaban J connectivity index is 1.28. The second-order valence-corrected chi connectivity index (χ2v) is 12.8. The van der Waals surface area contributed by atoms with Gasteiger partial charge in [-0.25, -0.2) is 0 Å². The van der Waals surface area contributed by atoms with Gasteiger partial charge in [0.25, 0.3) is 0 Å². The maximum Gasteiger partial charge on any atom is 0.137 e. The molecule has 2 heterocycles. The van der Waals surface area contributed by atoms with Crippen LogP contribution in [0.15, 0.2) is 156 Å². The predicted molar refractivity (Wildman–Crippen MR) is 194 cm³/mol. The molecule has 0 amide bonds. The number of hydrogen-bond donors (Lipinski definition) is 0. The zero-order valence-electron chi connectivity index (χ0n) is 24.2. The number of thiophene rings is 1. The van der Waals surface area contributed by atoms with Crippen molar-refractivity contribution in [2.24, 2.45) is 0 Å². The lowest BCUT2D eigenvalue weighted by molar-refractivity contribution is 0.669. The van der Waals surface area contributed by atoms with Crippen LogP contribution in [0.5, 0.6) is 0 Å². The monoisotopic (exact) mass is 591 g/mol. The number of fused-ring (bicyclic) bond motifs is 11. The fraction of sp³-hybridized carbons (Fsp3) is 0. The van der Waals surface area contributed by atoms with E-state index in [9.17, 15) is 0 Å². The van der Waals surface area contributed by atoms with Crippen LogP contribution in [0, 0.1) is 0 Å². The first-order valence-corrected chi connectivity index (χ1v) is 16.1. The van der Waals surface area contributed by atoms with E-state index in [1.807, 2.05) is 17.4 Å². The van der Waals surface area contributed by atoms with Gasteiger partial charge >= 0.3 is 0 Å². The van der Waals surface area contributed by atoms with Gasteiger partial charge in [0.2, 0.25) is 0 Å². The Bertz CT molecular complexity index is 2790. The van der Waals surface area contributed by atoms with E-state index in [0.29, 0.717) is 0 Å². The van der Waals surface area contributed by atoms with Crippen LogP contribution in [0.25, 0.3) is 74.4 Å². The van der Waals surface area contributed by atoms with Crippen LogP contribution in [0.1, 0.15) is 0 Å². The summed E-state index contributed by atoms with van der Waals surface area (Å²) in [6, 6.07) is 54.9. The molecule has 0 N–H and O–H groups in total. The SMILES string of the molecule is c1ccc2c(c1)ccc1c3cc(N(c4ccc5c(c4)sc4ccccc45)c4cccc5oc6ccccc6c45)ccc3ccc21. The molecule has 0 atom stereocenters. The van der Waals surface area contributed by atoms with Crippen LogP contribution in [0.2, 0.25) is 0 Å². The number of anilines is 3. The maximum atomic E-state index is 6.37. The van der Waals surface area contributed by atoms with Crippen molar-refractivity contribution in [1.29, 1.82) is 0 Å². The van der Waals surface area contributed by atoms with Gasteiger partial charge in [0.1, 0.15) is 11.2 Å². The fourth-order valence-electron chi connectivity index (χ4n) is 7.17. The highest BCUT2D eigenvalue weighted by molar-refractivity contribution is 7.25. The van der Waals surface area contributed by atoms with E-state index in [1.165, 1.54) is 52.5 Å². The molecule has 2 aromatic heterocycles. The standard InChI is InChI=1S/C42H25NOS/c1-2-9-30-26(8-1)17-22-32-31(30)21-18-27-16-19-28(24-36(27)32)43(29-20-23-34-33-10-4-6-15-40(33)45-41(34)25-29)37-12-7-14-39-42(37)35-11-3-5-13-38(35)44-39/h1-25H. The molecule has 0 radical (unpaired) electrons. The summed E-state index contributed by atoms with van der Waals surface area (Å²) >= 11 is 1.85. The Hall–Kier alpha value is -5.64. The molecule has 45 heavy (non-hydrogen) atoms. The van der Waals surface area contributed by atoms with Crippen LogP contribution in [0.4, 0.5) is 17.1 Å². The van der Waals surface area contributed by atoms with Crippen molar-refractivity contribution in [2.45, 2.75) is 0 Å². The molecular weight excluding hydrogens is 567 g/mol. The van der Waals surface area contributed by atoms with Crippen LogP contribution in [-0.2, 0) is 0 Å². The summed E-state index contributed by atoms with van der Waals surface area (Å²) in [6.45, 7) is 0. The summed E-state index contributed by atoms with van der Waals surface area (Å²) in [6.07, 6.45) is 0. The van der Waals surface area contributed by atoms with Gasteiger partial charge < -0.3 is 9.32 Å². The quantitative estimate of drug-likeness (QED) is 0.190. The van der Waals surface area contributed by atoms with Crippen LogP contribution in [0.3, 0.4) is 0 Å². The topological polar surface area (TPSA) is 16.4 Å². The highest BCUT2D eigenvalue weighted by Gasteiger charge is 2.21. The second kappa shape index (κ2) is 9.43. The van der Waals surface area contributed by atoms with Gasteiger partial charge in [0, 0.05) is 36.9 Å². The molecule has 10 aromatic rings. The molecule has 0 saturated heterocycles. The van der Waals surface area contributed by atoms with Crippen molar-refractivity contribution in [2.75, 3.05) is 4.90 Å². The Kier molecular flexibility index (Phi) is 5.19. The van der Waals surface area contributed by atoms with Gasteiger partial charge in [-0.1, -0.05) is 103 Å². The number of hydrogen-bond acceptors (Lipinski definition) is 3. The molecular formula is C42H25NOS. The zero-order chi connectivity index (χ0) is 29.5. The largest absolute Gasteiger partial charge is 0.456 e. The van der Waals surface area contributed by atoms with Gasteiger partial charge in [0.15, 0.2) is 0 Å². The first kappa shape index (κ1) is 24.8. The Morgan fingerprint density at radius 2 is 1.02 bits per heavy atom. The van der Waals surface area contributed by atoms with E-state index in [2.05, 4.69) is 150 Å². The molecule has 0 saturated carbocycles. The molecule has 0 spiro atoms. The number of rotatable bonds is 3. The molecule has 0 unspecified atom stereocenters. The zero-order valence-corrected chi connectivity index (χ0v) is 25.0. The van der Waals surface area contributed by atoms with E-state index in [1.54, 1.807) is 0 Å². The maximum absolute atomic E-state index is 6.37. The molecule has 0 aliphatic carbocycles. The second-order valence-electron chi connectivity index (χ2n) is 11.7. The van der Waals surface area contributed by atoms with Crippen molar-refractivity contribution in [1.82, 2.24) is 0 Å². The fourth-order valence-corrected chi connectivity index (χ4v) is 8.31. The van der Waals surface area contributed by atoms with Gasteiger partial charge in [-0.3, -0.25) is 0 Å². The average Bonchev–Trinajstić information content (AvgIpc) is 3.66. The van der Waals surface area contributed by atoms with Gasteiger partial charge in [-0.15, -0.1) is 11.3 Å². The molecule has 8 aromatic carbocycles. The molecule has 0 aliphatic heterocycles. The lowest BCUT2D eigenvalue weighted by Crippen LogP contribution is -2.10. The minimum Gasteiger partial charge on any atom is -0.456 e.